The first kappa shape index (κ1) is 9.75. The number of hydrogen-bond acceptors (Lipinski definition) is 3. The van der Waals surface area contributed by atoms with Crippen LogP contribution in [0.5, 0.6) is 0 Å². The molecule has 0 bridgehead atoms. The van der Waals surface area contributed by atoms with Crippen LogP contribution in [0.3, 0.4) is 0 Å². The Morgan fingerprint density at radius 1 is 1.64 bits per heavy atom. The van der Waals surface area contributed by atoms with Crippen LogP contribution in [0.4, 0.5) is 0 Å². The van der Waals surface area contributed by atoms with E-state index in [0.717, 1.165) is 5.57 Å². The van der Waals surface area contributed by atoms with Crippen LogP contribution in [0.15, 0.2) is 28.6 Å². The quantitative estimate of drug-likeness (QED) is 0.375. The van der Waals surface area contributed by atoms with Crippen LogP contribution in [-0.2, 0) is 4.74 Å². The zero-order valence-corrected chi connectivity index (χ0v) is 7.22. The van der Waals surface area contributed by atoms with Crippen molar-refractivity contribution in [2.45, 2.75) is 6.92 Å². The van der Waals surface area contributed by atoms with Crippen molar-refractivity contribution in [2.24, 2.45) is 10.7 Å². The second kappa shape index (κ2) is 4.55. The van der Waals surface area contributed by atoms with Crippen molar-refractivity contribution in [1.29, 1.82) is 0 Å². The summed E-state index contributed by atoms with van der Waals surface area (Å²) in [5, 5.41) is 0. The lowest BCUT2D eigenvalue weighted by Gasteiger charge is -2.05. The highest BCUT2D eigenvalue weighted by Gasteiger charge is 2.00. The van der Waals surface area contributed by atoms with Gasteiger partial charge >= 0.3 is 0 Å². The van der Waals surface area contributed by atoms with Crippen molar-refractivity contribution in [3.8, 4) is 0 Å². The van der Waals surface area contributed by atoms with Crippen molar-refractivity contribution in [3.05, 3.63) is 23.6 Å². The number of nitrogens with zero attached hydrogens (tertiary/aromatic N) is 1. The van der Waals surface area contributed by atoms with E-state index in [9.17, 15) is 0 Å². The fraction of sp³-hybridized carbons (Fsp3) is 0.375. The van der Waals surface area contributed by atoms with Gasteiger partial charge in [-0.25, -0.2) is 0 Å². The Kier molecular flexibility index (Phi) is 4.03. The minimum Gasteiger partial charge on any atom is -0.497 e. The number of methoxy groups -OCH3 is 1. The summed E-state index contributed by atoms with van der Waals surface area (Å²) < 4.78 is 4.90. The first-order valence-electron chi connectivity index (χ1n) is 3.25. The van der Waals surface area contributed by atoms with Gasteiger partial charge in [0.15, 0.2) is 0 Å². The molecule has 0 rings (SSSR count). The summed E-state index contributed by atoms with van der Waals surface area (Å²) in [6.07, 6.45) is 1.63. The molecular weight excluding hydrogens is 140 g/mol. The van der Waals surface area contributed by atoms with Crippen molar-refractivity contribution >= 4 is 6.21 Å². The summed E-state index contributed by atoms with van der Waals surface area (Å²) in [5.41, 5.74) is 6.95. The molecule has 0 amide bonds. The van der Waals surface area contributed by atoms with Crippen LogP contribution in [0.1, 0.15) is 6.92 Å². The van der Waals surface area contributed by atoms with E-state index in [1.165, 1.54) is 0 Å². The molecule has 0 saturated carbocycles. The molecule has 0 atom stereocenters. The fourth-order valence-electron chi connectivity index (χ4n) is 0.633. The molecular formula is C8H14N2O. The molecule has 0 saturated heterocycles. The maximum atomic E-state index is 5.55. The molecule has 0 spiro atoms. The largest absolute Gasteiger partial charge is 0.497 e. The van der Waals surface area contributed by atoms with Crippen LogP contribution in [-0.4, -0.2) is 20.4 Å². The van der Waals surface area contributed by atoms with Crippen molar-refractivity contribution in [3.63, 3.8) is 0 Å². The van der Waals surface area contributed by atoms with Crippen LogP contribution in [0.25, 0.3) is 0 Å². The topological polar surface area (TPSA) is 47.6 Å². The third-order valence-electron chi connectivity index (χ3n) is 1.23. The molecule has 0 aromatic heterocycles. The van der Waals surface area contributed by atoms with Gasteiger partial charge in [-0.15, -0.1) is 0 Å². The predicted molar refractivity (Wildman–Crippen MR) is 47.5 cm³/mol. The lowest BCUT2D eigenvalue weighted by Crippen LogP contribution is -2.03. The van der Waals surface area contributed by atoms with Gasteiger partial charge in [0, 0.05) is 19.0 Å². The predicted octanol–water partition coefficient (Wildman–Crippen LogP) is 1.08. The van der Waals surface area contributed by atoms with Crippen LogP contribution >= 0.6 is 0 Å². The van der Waals surface area contributed by atoms with Crippen molar-refractivity contribution in [2.75, 3.05) is 14.2 Å². The summed E-state index contributed by atoms with van der Waals surface area (Å²) in [4.78, 5) is 3.82. The summed E-state index contributed by atoms with van der Waals surface area (Å²) in [6.45, 7) is 5.44. The minimum atomic E-state index is 0.538. The number of allylic oxidation sites excluding steroid dienone is 2. The standard InChI is InChI=1S/C8H14N2O/c1-6(9)8(5-10-3)7(2)11-4/h5H,2,9H2,1,3-4H3/b8-6+,10-5?. The van der Waals surface area contributed by atoms with Gasteiger partial charge in [0.1, 0.15) is 5.76 Å². The Bertz CT molecular complexity index is 200. The molecule has 0 fully saturated rings. The first-order valence-corrected chi connectivity index (χ1v) is 3.25. The zero-order valence-electron chi connectivity index (χ0n) is 7.22. The normalized spacial score (nSPS) is 13.0. The Morgan fingerprint density at radius 2 is 2.18 bits per heavy atom. The minimum absolute atomic E-state index is 0.538. The molecule has 0 aliphatic rings. The van der Waals surface area contributed by atoms with Gasteiger partial charge in [0.05, 0.1) is 12.7 Å². The smallest absolute Gasteiger partial charge is 0.122 e. The Balaban J connectivity index is 4.63. The molecule has 62 valence electrons. The summed E-state index contributed by atoms with van der Waals surface area (Å²) in [5.74, 6) is 0.538. The SMILES string of the molecule is C=C(OC)/C(C=NC)=C(\C)N. The molecule has 0 heterocycles. The van der Waals surface area contributed by atoms with Gasteiger partial charge in [-0.1, -0.05) is 6.58 Å². The molecule has 3 nitrogen and oxygen atoms in total. The number of ether oxygens (including phenoxy) is 1. The molecule has 11 heavy (non-hydrogen) atoms. The Labute approximate surface area is 67.3 Å². The van der Waals surface area contributed by atoms with E-state index in [4.69, 9.17) is 10.5 Å². The number of rotatable bonds is 3. The lowest BCUT2D eigenvalue weighted by atomic mass is 10.2. The van der Waals surface area contributed by atoms with E-state index in [1.807, 2.05) is 0 Å². The van der Waals surface area contributed by atoms with Crippen LogP contribution in [0, 0.1) is 0 Å². The monoisotopic (exact) mass is 154 g/mol. The molecule has 0 aliphatic heterocycles. The van der Waals surface area contributed by atoms with E-state index < -0.39 is 0 Å². The summed E-state index contributed by atoms with van der Waals surface area (Å²) in [6, 6.07) is 0. The average molecular weight is 154 g/mol. The third kappa shape index (κ3) is 2.89. The number of nitrogens with two attached hydrogens (primary N) is 1. The zero-order chi connectivity index (χ0) is 8.85. The second-order valence-electron chi connectivity index (χ2n) is 2.11. The van der Waals surface area contributed by atoms with Gasteiger partial charge in [-0.05, 0) is 6.92 Å². The molecule has 0 unspecified atom stereocenters. The molecule has 0 aromatic rings. The maximum absolute atomic E-state index is 5.55. The van der Waals surface area contributed by atoms with Gasteiger partial charge < -0.3 is 10.5 Å². The van der Waals surface area contributed by atoms with E-state index in [1.54, 1.807) is 27.3 Å². The first-order chi connectivity index (χ1) is 5.13. The summed E-state index contributed by atoms with van der Waals surface area (Å²) >= 11 is 0. The van der Waals surface area contributed by atoms with Gasteiger partial charge in [0.25, 0.3) is 0 Å². The molecule has 3 heteroatoms. The Morgan fingerprint density at radius 3 is 2.45 bits per heavy atom. The number of aliphatic imine (C=N–C) groups is 1. The number of hydrogen-bond donors (Lipinski definition) is 1. The third-order valence-corrected chi connectivity index (χ3v) is 1.23. The molecule has 2 N–H and O–H groups in total. The maximum Gasteiger partial charge on any atom is 0.122 e. The highest BCUT2D eigenvalue weighted by Crippen LogP contribution is 2.07. The van der Waals surface area contributed by atoms with Gasteiger partial charge in [0.2, 0.25) is 0 Å². The summed E-state index contributed by atoms with van der Waals surface area (Å²) in [7, 11) is 3.22. The fourth-order valence-corrected chi connectivity index (χ4v) is 0.633. The van der Waals surface area contributed by atoms with E-state index in [0.29, 0.717) is 11.5 Å². The lowest BCUT2D eigenvalue weighted by molar-refractivity contribution is 0.305. The van der Waals surface area contributed by atoms with Gasteiger partial charge in [-0.3, -0.25) is 4.99 Å². The second-order valence-corrected chi connectivity index (χ2v) is 2.11. The van der Waals surface area contributed by atoms with Crippen LogP contribution < -0.4 is 5.73 Å². The van der Waals surface area contributed by atoms with E-state index in [2.05, 4.69) is 11.6 Å². The van der Waals surface area contributed by atoms with E-state index >= 15 is 0 Å². The molecule has 0 aliphatic carbocycles. The van der Waals surface area contributed by atoms with Gasteiger partial charge in [-0.2, -0.15) is 0 Å². The molecule has 0 radical (unpaired) electrons. The highest BCUT2D eigenvalue weighted by atomic mass is 16.5. The van der Waals surface area contributed by atoms with E-state index in [-0.39, 0.29) is 0 Å². The average Bonchev–Trinajstić information content (AvgIpc) is 1.98. The highest BCUT2D eigenvalue weighted by molar-refractivity contribution is 5.84. The van der Waals surface area contributed by atoms with Crippen LogP contribution in [0.2, 0.25) is 0 Å². The molecule has 0 aromatic carbocycles. The Hall–Kier alpha value is -1.25. The van der Waals surface area contributed by atoms with Crippen molar-refractivity contribution in [1.82, 2.24) is 0 Å². The van der Waals surface area contributed by atoms with Crippen molar-refractivity contribution < 1.29 is 4.74 Å².